The molecule has 1 N–H and O–H groups in total. The lowest BCUT2D eigenvalue weighted by atomic mass is 9.79. The number of hydrogen-bond donors (Lipinski definition) is 1. The number of nitrogens with one attached hydrogen (secondary N) is 1. The van der Waals surface area contributed by atoms with Crippen LogP contribution in [0.15, 0.2) is 66.7 Å². The van der Waals surface area contributed by atoms with E-state index in [4.69, 9.17) is 27.9 Å². The van der Waals surface area contributed by atoms with Gasteiger partial charge in [-0.2, -0.15) is 0 Å². The number of rotatable bonds is 5. The molecule has 9 heteroatoms. The van der Waals surface area contributed by atoms with Crippen LogP contribution in [0.25, 0.3) is 0 Å². The normalized spacial score (nSPS) is 23.7. The van der Waals surface area contributed by atoms with Crippen molar-refractivity contribution in [2.45, 2.75) is 24.1 Å². The summed E-state index contributed by atoms with van der Waals surface area (Å²) in [5.41, 5.74) is 1.57. The summed E-state index contributed by atoms with van der Waals surface area (Å²) in [6.45, 7) is 0.677. The minimum atomic E-state index is -1.35. The highest BCUT2D eigenvalue weighted by Crippen LogP contribution is 2.52. The monoisotopic (exact) mass is 497 g/mol. The van der Waals surface area contributed by atoms with Crippen molar-refractivity contribution in [1.82, 2.24) is 4.90 Å². The van der Waals surface area contributed by atoms with Gasteiger partial charge in [-0.05, 0) is 48.5 Å². The number of fused-ring (bicyclic) bond motifs is 2. The van der Waals surface area contributed by atoms with Gasteiger partial charge >= 0.3 is 0 Å². The van der Waals surface area contributed by atoms with Gasteiger partial charge in [-0.25, -0.2) is 0 Å². The molecule has 0 aromatic heterocycles. The molecular formula is C25H21Cl2N3O4. The molecule has 1 spiro atoms. The Morgan fingerprint density at radius 3 is 2.56 bits per heavy atom. The van der Waals surface area contributed by atoms with Crippen LogP contribution >= 0.6 is 23.2 Å². The van der Waals surface area contributed by atoms with Gasteiger partial charge in [0.1, 0.15) is 12.4 Å². The number of benzene rings is 3. The number of likely N-dealkylation sites (tertiary alicyclic amines) is 1. The van der Waals surface area contributed by atoms with Crippen LogP contribution in [0, 0.1) is 10.1 Å². The molecule has 0 unspecified atom stereocenters. The standard InChI is InChI=1S/C25H21Cl2N3O4/c1-29-13-18(23(30(32)33)25(29)19-4-2-3-5-22(19)28-24(25)31)16-7-9-17(10-8-16)34-14-15-6-11-20(26)21(27)12-15/h2-12,18,23H,13-14H2,1H3,(H,28,31)/t18-,23+,25+/m1/s1. The van der Waals surface area contributed by atoms with Gasteiger partial charge in [0.25, 0.3) is 11.9 Å². The summed E-state index contributed by atoms with van der Waals surface area (Å²) in [5.74, 6) is -0.208. The highest BCUT2D eigenvalue weighted by molar-refractivity contribution is 6.42. The van der Waals surface area contributed by atoms with Crippen LogP contribution in [0.5, 0.6) is 5.75 Å². The number of nitro groups is 1. The molecule has 1 fully saturated rings. The number of halogens is 2. The van der Waals surface area contributed by atoms with Crippen molar-refractivity contribution >= 4 is 34.8 Å². The Hall–Kier alpha value is -3.13. The number of ether oxygens (including phenoxy) is 1. The molecule has 3 atom stereocenters. The molecule has 0 bridgehead atoms. The second kappa shape index (κ2) is 8.58. The van der Waals surface area contributed by atoms with Crippen LogP contribution in [0.3, 0.4) is 0 Å². The lowest BCUT2D eigenvalue weighted by Crippen LogP contribution is -2.54. The Morgan fingerprint density at radius 2 is 1.85 bits per heavy atom. The van der Waals surface area contributed by atoms with E-state index < -0.39 is 17.5 Å². The van der Waals surface area contributed by atoms with Crippen LogP contribution in [-0.2, 0) is 16.9 Å². The summed E-state index contributed by atoms with van der Waals surface area (Å²) < 4.78 is 5.85. The molecule has 7 nitrogen and oxygen atoms in total. The highest BCUT2D eigenvalue weighted by atomic mass is 35.5. The van der Waals surface area contributed by atoms with E-state index in [2.05, 4.69) is 5.32 Å². The molecule has 2 aliphatic heterocycles. The van der Waals surface area contributed by atoms with Gasteiger partial charge in [0.2, 0.25) is 0 Å². The quantitative estimate of drug-likeness (QED) is 0.391. The average molecular weight is 498 g/mol. The number of nitrogens with zero attached hydrogens (tertiary/aromatic N) is 2. The van der Waals surface area contributed by atoms with E-state index in [0.29, 0.717) is 40.2 Å². The molecule has 5 rings (SSSR count). The van der Waals surface area contributed by atoms with Gasteiger partial charge in [-0.1, -0.05) is 59.6 Å². The van der Waals surface area contributed by atoms with Crippen LogP contribution in [0.4, 0.5) is 5.69 Å². The van der Waals surface area contributed by atoms with Crippen molar-refractivity contribution in [3.63, 3.8) is 0 Å². The number of hydrogen-bond acceptors (Lipinski definition) is 5. The van der Waals surface area contributed by atoms with Crippen molar-refractivity contribution in [3.05, 3.63) is 104 Å². The van der Waals surface area contributed by atoms with E-state index in [9.17, 15) is 14.9 Å². The molecule has 2 aliphatic rings. The molecule has 0 aliphatic carbocycles. The van der Waals surface area contributed by atoms with Crippen molar-refractivity contribution in [3.8, 4) is 5.75 Å². The summed E-state index contributed by atoms with van der Waals surface area (Å²) in [6, 6.07) is 18.6. The average Bonchev–Trinajstić information content (AvgIpc) is 3.30. The smallest absolute Gasteiger partial charge is 0.256 e. The first-order valence-electron chi connectivity index (χ1n) is 10.7. The molecule has 2 heterocycles. The minimum absolute atomic E-state index is 0.306. The van der Waals surface area contributed by atoms with Crippen molar-refractivity contribution < 1.29 is 14.5 Å². The molecule has 3 aromatic carbocycles. The van der Waals surface area contributed by atoms with E-state index in [1.165, 1.54) is 0 Å². The van der Waals surface area contributed by atoms with E-state index >= 15 is 0 Å². The zero-order valence-electron chi connectivity index (χ0n) is 18.2. The third-order valence-electron chi connectivity index (χ3n) is 6.74. The largest absolute Gasteiger partial charge is 0.489 e. The second-order valence-electron chi connectivity index (χ2n) is 8.59. The predicted octanol–water partition coefficient (Wildman–Crippen LogP) is 5.09. The van der Waals surface area contributed by atoms with Crippen molar-refractivity contribution in [1.29, 1.82) is 0 Å². The zero-order chi connectivity index (χ0) is 24.0. The summed E-state index contributed by atoms with van der Waals surface area (Å²) in [5, 5.41) is 16.2. The van der Waals surface area contributed by atoms with Gasteiger partial charge in [0, 0.05) is 22.7 Å². The van der Waals surface area contributed by atoms with Gasteiger partial charge < -0.3 is 10.1 Å². The Labute approximate surface area is 206 Å². The fraction of sp³-hybridized carbons (Fsp3) is 0.240. The van der Waals surface area contributed by atoms with Crippen molar-refractivity contribution in [2.75, 3.05) is 18.9 Å². The molecule has 0 radical (unpaired) electrons. The topological polar surface area (TPSA) is 84.7 Å². The summed E-state index contributed by atoms with van der Waals surface area (Å²) >= 11 is 12.0. The molecule has 0 saturated carbocycles. The van der Waals surface area contributed by atoms with Crippen LogP contribution in [-0.4, -0.2) is 35.4 Å². The number of anilines is 1. The highest BCUT2D eigenvalue weighted by Gasteiger charge is 2.68. The van der Waals surface area contributed by atoms with Crippen LogP contribution < -0.4 is 10.1 Å². The molecular weight excluding hydrogens is 477 g/mol. The fourth-order valence-corrected chi connectivity index (χ4v) is 5.51. The summed E-state index contributed by atoms with van der Waals surface area (Å²) in [6.07, 6.45) is 0. The third-order valence-corrected chi connectivity index (χ3v) is 7.48. The maximum absolute atomic E-state index is 13.2. The van der Waals surface area contributed by atoms with Gasteiger partial charge in [-0.3, -0.25) is 19.8 Å². The fourth-order valence-electron chi connectivity index (χ4n) is 5.19. The molecule has 34 heavy (non-hydrogen) atoms. The van der Waals surface area contributed by atoms with E-state index in [1.54, 1.807) is 54.4 Å². The number of carbonyl (C=O) groups excluding carboxylic acids is 1. The van der Waals surface area contributed by atoms with Crippen molar-refractivity contribution in [2.24, 2.45) is 0 Å². The van der Waals surface area contributed by atoms with E-state index in [-0.39, 0.29) is 10.8 Å². The first-order chi connectivity index (χ1) is 16.3. The molecule has 1 saturated heterocycles. The van der Waals surface area contributed by atoms with Gasteiger partial charge in [-0.15, -0.1) is 0 Å². The molecule has 3 aromatic rings. The first-order valence-corrected chi connectivity index (χ1v) is 11.5. The van der Waals surface area contributed by atoms with E-state index in [0.717, 1.165) is 11.1 Å². The molecule has 1 amide bonds. The lowest BCUT2D eigenvalue weighted by Gasteiger charge is -2.30. The van der Waals surface area contributed by atoms with Gasteiger partial charge in [0.15, 0.2) is 5.54 Å². The number of para-hydroxylation sites is 1. The van der Waals surface area contributed by atoms with E-state index in [1.807, 2.05) is 24.3 Å². The summed E-state index contributed by atoms with van der Waals surface area (Å²) in [4.78, 5) is 27.1. The first kappa shape index (κ1) is 22.7. The molecule has 174 valence electrons. The Bertz CT molecular complexity index is 1280. The Balaban J connectivity index is 1.41. The SMILES string of the molecule is CN1C[C@H](c2ccc(OCc3ccc(Cl)c(Cl)c3)cc2)[C@H]([N+](=O)[O-])[C@@]12C(=O)Nc1ccccc12. The minimum Gasteiger partial charge on any atom is -0.489 e. The second-order valence-corrected chi connectivity index (χ2v) is 9.40. The van der Waals surface area contributed by atoms with Crippen LogP contribution in [0.1, 0.15) is 22.6 Å². The number of amides is 1. The number of likely N-dealkylation sites (N-methyl/N-ethyl adjacent to an activating group) is 1. The maximum atomic E-state index is 13.2. The Morgan fingerprint density at radius 1 is 1.12 bits per heavy atom. The zero-order valence-corrected chi connectivity index (χ0v) is 19.7. The summed E-state index contributed by atoms with van der Waals surface area (Å²) in [7, 11) is 1.77. The van der Waals surface area contributed by atoms with Crippen LogP contribution in [0.2, 0.25) is 10.0 Å². The third kappa shape index (κ3) is 3.52. The predicted molar refractivity (Wildman–Crippen MR) is 130 cm³/mol. The lowest BCUT2D eigenvalue weighted by molar-refractivity contribution is -0.534. The number of carbonyl (C=O) groups is 1. The van der Waals surface area contributed by atoms with Gasteiger partial charge in [0.05, 0.1) is 16.0 Å². The Kier molecular flexibility index (Phi) is 5.72. The maximum Gasteiger partial charge on any atom is 0.256 e.